The summed E-state index contributed by atoms with van der Waals surface area (Å²) in [7, 11) is 0. The summed E-state index contributed by atoms with van der Waals surface area (Å²) in [5.74, 6) is -0.131. The topological polar surface area (TPSA) is 64.1 Å². The highest BCUT2D eigenvalue weighted by atomic mass is 32.1. The molecule has 1 aliphatic heterocycles. The van der Waals surface area contributed by atoms with Gasteiger partial charge in [-0.3, -0.25) is 10.1 Å². The lowest BCUT2D eigenvalue weighted by molar-refractivity contribution is -0.124. The van der Waals surface area contributed by atoms with Crippen LogP contribution in [0.4, 0.5) is 5.13 Å². The van der Waals surface area contributed by atoms with E-state index < -0.39 is 0 Å². The third-order valence-electron chi connectivity index (χ3n) is 2.90. The van der Waals surface area contributed by atoms with E-state index in [0.29, 0.717) is 11.7 Å². The molecule has 1 aromatic heterocycles. The minimum absolute atomic E-state index is 0.131. The number of carbonyl (C=O) groups excluding carboxylic acids is 1. The van der Waals surface area contributed by atoms with Crippen molar-refractivity contribution in [2.75, 3.05) is 11.9 Å². The predicted molar refractivity (Wildman–Crippen MR) is 72.9 cm³/mol. The Morgan fingerprint density at radius 3 is 2.89 bits per heavy atom. The lowest BCUT2D eigenvalue weighted by Crippen LogP contribution is -2.26. The van der Waals surface area contributed by atoms with Crippen molar-refractivity contribution in [2.24, 2.45) is 0 Å². The van der Waals surface area contributed by atoms with E-state index in [9.17, 15) is 4.79 Å². The monoisotopic (exact) mass is 275 g/mol. The summed E-state index contributed by atoms with van der Waals surface area (Å²) in [6.45, 7) is 0.656. The average molecular weight is 275 g/mol. The standard InChI is InChI=1S/C13H13N3O2S/c17-11(10-7-4-8-18-10)14-13-16-15-12(19-13)9-5-2-1-3-6-9/h1-3,5-6,10H,4,7-8H2,(H,14,16,17)/t10-/m1/s1. The number of hydrogen-bond donors (Lipinski definition) is 1. The Morgan fingerprint density at radius 2 is 2.16 bits per heavy atom. The number of rotatable bonds is 3. The van der Waals surface area contributed by atoms with Gasteiger partial charge in [0.2, 0.25) is 5.13 Å². The second-order valence-corrected chi connectivity index (χ2v) is 5.25. The van der Waals surface area contributed by atoms with Crippen LogP contribution in [0.2, 0.25) is 0 Å². The Labute approximate surface area is 114 Å². The highest BCUT2D eigenvalue weighted by Crippen LogP contribution is 2.26. The van der Waals surface area contributed by atoms with Crippen LogP contribution in [-0.2, 0) is 9.53 Å². The molecule has 1 aliphatic rings. The van der Waals surface area contributed by atoms with Gasteiger partial charge in [0.15, 0.2) is 0 Å². The van der Waals surface area contributed by atoms with Crippen LogP contribution in [0, 0.1) is 0 Å². The largest absolute Gasteiger partial charge is 0.368 e. The first-order valence-corrected chi connectivity index (χ1v) is 6.96. The van der Waals surface area contributed by atoms with Crippen LogP contribution in [-0.4, -0.2) is 28.8 Å². The number of amides is 1. The van der Waals surface area contributed by atoms with Crippen molar-refractivity contribution >= 4 is 22.4 Å². The molecule has 0 spiro atoms. The molecule has 0 bridgehead atoms. The summed E-state index contributed by atoms with van der Waals surface area (Å²) in [5.41, 5.74) is 0.998. The van der Waals surface area contributed by atoms with E-state index in [1.807, 2.05) is 30.3 Å². The van der Waals surface area contributed by atoms with Crippen LogP contribution in [0.25, 0.3) is 10.6 Å². The zero-order valence-corrected chi connectivity index (χ0v) is 11.0. The van der Waals surface area contributed by atoms with E-state index in [-0.39, 0.29) is 12.0 Å². The van der Waals surface area contributed by atoms with Crippen molar-refractivity contribution in [1.29, 1.82) is 0 Å². The van der Waals surface area contributed by atoms with Crippen LogP contribution < -0.4 is 5.32 Å². The minimum Gasteiger partial charge on any atom is -0.368 e. The Hall–Kier alpha value is -1.79. The summed E-state index contributed by atoms with van der Waals surface area (Å²) in [4.78, 5) is 11.9. The van der Waals surface area contributed by atoms with E-state index in [4.69, 9.17) is 4.74 Å². The zero-order valence-electron chi connectivity index (χ0n) is 10.2. The first-order valence-electron chi connectivity index (χ1n) is 6.14. The fraction of sp³-hybridized carbons (Fsp3) is 0.308. The lowest BCUT2D eigenvalue weighted by atomic mass is 10.2. The summed E-state index contributed by atoms with van der Waals surface area (Å²) >= 11 is 1.36. The third-order valence-corrected chi connectivity index (χ3v) is 3.79. The predicted octanol–water partition coefficient (Wildman–Crippen LogP) is 2.32. The molecule has 3 rings (SSSR count). The number of nitrogens with one attached hydrogen (secondary N) is 1. The molecule has 0 saturated carbocycles. The summed E-state index contributed by atoms with van der Waals surface area (Å²) in [6.07, 6.45) is 1.36. The van der Waals surface area contributed by atoms with Gasteiger partial charge in [0.1, 0.15) is 11.1 Å². The molecule has 0 aliphatic carbocycles. The summed E-state index contributed by atoms with van der Waals surface area (Å²) in [5, 5.41) is 12.1. The molecule has 5 nitrogen and oxygen atoms in total. The molecule has 2 aromatic rings. The SMILES string of the molecule is O=C(Nc1nnc(-c2ccccc2)s1)[C@H]1CCCO1. The molecule has 19 heavy (non-hydrogen) atoms. The van der Waals surface area contributed by atoms with Crippen LogP contribution in [0.3, 0.4) is 0 Å². The molecule has 1 fully saturated rings. The number of ether oxygens (including phenoxy) is 1. The number of hydrogen-bond acceptors (Lipinski definition) is 5. The molecule has 2 heterocycles. The van der Waals surface area contributed by atoms with Gasteiger partial charge in [-0.2, -0.15) is 0 Å². The van der Waals surface area contributed by atoms with Gasteiger partial charge in [-0.25, -0.2) is 0 Å². The second kappa shape index (κ2) is 5.46. The second-order valence-electron chi connectivity index (χ2n) is 4.27. The van der Waals surface area contributed by atoms with Crippen molar-refractivity contribution in [3.63, 3.8) is 0 Å². The molecule has 1 N–H and O–H groups in total. The molecule has 0 radical (unpaired) electrons. The normalized spacial score (nSPS) is 18.4. The van der Waals surface area contributed by atoms with E-state index in [2.05, 4.69) is 15.5 Å². The fourth-order valence-corrected chi connectivity index (χ4v) is 2.69. The van der Waals surface area contributed by atoms with Crippen molar-refractivity contribution in [3.8, 4) is 10.6 Å². The minimum atomic E-state index is -0.343. The summed E-state index contributed by atoms with van der Waals surface area (Å²) in [6, 6.07) is 9.77. The maximum absolute atomic E-state index is 11.9. The molecule has 1 aromatic carbocycles. The van der Waals surface area contributed by atoms with Gasteiger partial charge in [0.05, 0.1) is 0 Å². The van der Waals surface area contributed by atoms with Gasteiger partial charge >= 0.3 is 0 Å². The Balaban J connectivity index is 1.70. The lowest BCUT2D eigenvalue weighted by Gasteiger charge is -2.06. The van der Waals surface area contributed by atoms with Crippen LogP contribution in [0.5, 0.6) is 0 Å². The van der Waals surface area contributed by atoms with Crippen molar-refractivity contribution in [1.82, 2.24) is 10.2 Å². The highest BCUT2D eigenvalue weighted by molar-refractivity contribution is 7.18. The Morgan fingerprint density at radius 1 is 1.32 bits per heavy atom. The highest BCUT2D eigenvalue weighted by Gasteiger charge is 2.24. The van der Waals surface area contributed by atoms with Crippen LogP contribution in [0.1, 0.15) is 12.8 Å². The van der Waals surface area contributed by atoms with Crippen molar-refractivity contribution < 1.29 is 9.53 Å². The zero-order chi connectivity index (χ0) is 13.1. The summed E-state index contributed by atoms with van der Waals surface area (Å²) < 4.78 is 5.32. The number of benzene rings is 1. The van der Waals surface area contributed by atoms with Gasteiger partial charge < -0.3 is 4.74 Å². The first kappa shape index (κ1) is 12.3. The van der Waals surface area contributed by atoms with Crippen LogP contribution in [0.15, 0.2) is 30.3 Å². The first-order chi connectivity index (χ1) is 9.33. The number of anilines is 1. The number of carbonyl (C=O) groups is 1. The van der Waals surface area contributed by atoms with E-state index in [0.717, 1.165) is 23.4 Å². The van der Waals surface area contributed by atoms with Crippen molar-refractivity contribution in [2.45, 2.75) is 18.9 Å². The molecule has 6 heteroatoms. The maximum Gasteiger partial charge on any atom is 0.255 e. The number of aromatic nitrogens is 2. The van der Waals surface area contributed by atoms with E-state index in [1.165, 1.54) is 11.3 Å². The molecule has 98 valence electrons. The van der Waals surface area contributed by atoms with Gasteiger partial charge in [-0.15, -0.1) is 10.2 Å². The molecular formula is C13H13N3O2S. The van der Waals surface area contributed by atoms with E-state index >= 15 is 0 Å². The molecule has 1 amide bonds. The maximum atomic E-state index is 11.9. The molecule has 1 saturated heterocycles. The Kier molecular flexibility index (Phi) is 3.52. The quantitative estimate of drug-likeness (QED) is 0.933. The van der Waals surface area contributed by atoms with E-state index in [1.54, 1.807) is 0 Å². The van der Waals surface area contributed by atoms with Gasteiger partial charge in [-0.1, -0.05) is 41.7 Å². The number of nitrogens with zero attached hydrogens (tertiary/aromatic N) is 2. The van der Waals surface area contributed by atoms with Crippen molar-refractivity contribution in [3.05, 3.63) is 30.3 Å². The fourth-order valence-electron chi connectivity index (χ4n) is 1.94. The third kappa shape index (κ3) is 2.80. The molecule has 1 atom stereocenters. The van der Waals surface area contributed by atoms with Gasteiger partial charge in [0, 0.05) is 12.2 Å². The van der Waals surface area contributed by atoms with Gasteiger partial charge in [-0.05, 0) is 12.8 Å². The smallest absolute Gasteiger partial charge is 0.255 e. The molecular weight excluding hydrogens is 262 g/mol. The molecule has 0 unspecified atom stereocenters. The average Bonchev–Trinajstić information content (AvgIpc) is 3.11. The van der Waals surface area contributed by atoms with Crippen LogP contribution >= 0.6 is 11.3 Å². The Bertz CT molecular complexity index is 564. The van der Waals surface area contributed by atoms with Gasteiger partial charge in [0.25, 0.3) is 5.91 Å².